The van der Waals surface area contributed by atoms with E-state index in [0.717, 1.165) is 56.9 Å². The quantitative estimate of drug-likeness (QED) is 0.159. The van der Waals surface area contributed by atoms with Gasteiger partial charge < -0.3 is 26.4 Å². The fourth-order valence-electron chi connectivity index (χ4n) is 4.68. The van der Waals surface area contributed by atoms with Gasteiger partial charge in [-0.15, -0.1) is 0 Å². The molecule has 0 aromatic heterocycles. The van der Waals surface area contributed by atoms with Crippen molar-refractivity contribution in [3.05, 3.63) is 46.8 Å². The number of hydrogen-bond acceptors (Lipinski definition) is 6. The van der Waals surface area contributed by atoms with Crippen LogP contribution in [0, 0.1) is 17.2 Å². The van der Waals surface area contributed by atoms with Gasteiger partial charge in [-0.25, -0.2) is 0 Å². The fourth-order valence-corrected chi connectivity index (χ4v) is 4.68. The second-order valence-corrected chi connectivity index (χ2v) is 10.4. The van der Waals surface area contributed by atoms with E-state index in [0.29, 0.717) is 34.3 Å². The molecule has 0 bridgehead atoms. The Bertz CT molecular complexity index is 1160. The minimum absolute atomic E-state index is 0.0161. The summed E-state index contributed by atoms with van der Waals surface area (Å²) in [5.41, 5.74) is 9.41. The standard InChI is InChI=1S/C30H44N6O3/c1-6-8-10-19(7-2)18(3)34-30(38)22-11-9-12-23(28(22)39-5)35-24(26(32)27(33-4)20-13-14-20)17-25(31)36-29(37)21-15-16-21/h9,11-12,17-19,21,32-33,35H,6-8,10,13-16H2,1-5H3,(H,34,38)(H2,31,36,37)/b24-17+,32-26?. The Morgan fingerprint density at radius 2 is 1.97 bits per heavy atom. The van der Waals surface area contributed by atoms with Gasteiger partial charge in [-0.2, -0.15) is 4.99 Å². The Labute approximate surface area is 232 Å². The summed E-state index contributed by atoms with van der Waals surface area (Å²) < 4.78 is 5.70. The topological polar surface area (TPSA) is 142 Å². The van der Waals surface area contributed by atoms with Gasteiger partial charge in [-0.1, -0.05) is 39.2 Å². The number of nitrogens with one attached hydrogen (secondary N) is 4. The second kappa shape index (κ2) is 14.0. The smallest absolute Gasteiger partial charge is 0.255 e. The predicted octanol–water partition coefficient (Wildman–Crippen LogP) is 4.91. The Morgan fingerprint density at radius 3 is 2.54 bits per heavy atom. The van der Waals surface area contributed by atoms with Gasteiger partial charge in [0.25, 0.3) is 11.8 Å². The molecule has 39 heavy (non-hydrogen) atoms. The number of benzene rings is 1. The van der Waals surface area contributed by atoms with Crippen molar-refractivity contribution in [2.24, 2.45) is 22.6 Å². The van der Waals surface area contributed by atoms with Crippen molar-refractivity contribution in [1.29, 1.82) is 5.41 Å². The highest BCUT2D eigenvalue weighted by Crippen LogP contribution is 2.34. The van der Waals surface area contributed by atoms with E-state index in [4.69, 9.17) is 15.9 Å². The largest absolute Gasteiger partial charge is 0.494 e. The number of carbonyl (C=O) groups is 2. The van der Waals surface area contributed by atoms with Crippen LogP contribution in [0.15, 0.2) is 46.2 Å². The van der Waals surface area contributed by atoms with Crippen LogP contribution < -0.4 is 26.4 Å². The van der Waals surface area contributed by atoms with Gasteiger partial charge in [0.1, 0.15) is 11.5 Å². The molecule has 2 aliphatic carbocycles. The molecule has 2 amide bonds. The molecule has 1 aromatic carbocycles. The van der Waals surface area contributed by atoms with Crippen molar-refractivity contribution in [1.82, 2.24) is 10.6 Å². The number of nitrogens with zero attached hydrogens (tertiary/aromatic N) is 1. The minimum Gasteiger partial charge on any atom is -0.494 e. The molecule has 212 valence electrons. The van der Waals surface area contributed by atoms with Crippen LogP contribution in [0.3, 0.4) is 0 Å². The highest BCUT2D eigenvalue weighted by atomic mass is 16.5. The normalized spacial score (nSPS) is 16.7. The molecule has 0 spiro atoms. The molecule has 2 unspecified atom stereocenters. The first kappa shape index (κ1) is 29.9. The van der Waals surface area contributed by atoms with Gasteiger partial charge in [0.2, 0.25) is 0 Å². The van der Waals surface area contributed by atoms with Crippen molar-refractivity contribution in [2.75, 3.05) is 19.5 Å². The van der Waals surface area contributed by atoms with Crippen LogP contribution in [0.1, 0.15) is 82.5 Å². The minimum atomic E-state index is -0.237. The third-order valence-corrected chi connectivity index (χ3v) is 7.33. The van der Waals surface area contributed by atoms with Crippen molar-refractivity contribution in [2.45, 2.75) is 78.2 Å². The average Bonchev–Trinajstić information content (AvgIpc) is 3.82. The van der Waals surface area contributed by atoms with Crippen molar-refractivity contribution in [3.63, 3.8) is 0 Å². The average molecular weight is 537 g/mol. The van der Waals surface area contributed by atoms with Gasteiger partial charge in [-0.3, -0.25) is 15.0 Å². The first-order chi connectivity index (χ1) is 18.7. The molecular weight excluding hydrogens is 492 g/mol. The number of hydrogen-bond donors (Lipinski definition) is 5. The molecule has 3 rings (SSSR count). The number of aliphatic imine (C=N–C) groups is 1. The van der Waals surface area contributed by atoms with E-state index >= 15 is 0 Å². The maximum absolute atomic E-state index is 13.4. The molecular formula is C30H44N6O3. The van der Waals surface area contributed by atoms with Crippen LogP contribution in [0.4, 0.5) is 5.69 Å². The van der Waals surface area contributed by atoms with E-state index in [1.54, 1.807) is 25.2 Å². The maximum atomic E-state index is 13.4. The molecule has 2 atom stereocenters. The number of rotatable bonds is 15. The van der Waals surface area contributed by atoms with E-state index in [9.17, 15) is 9.59 Å². The number of nitrogens with two attached hydrogens (primary N) is 1. The molecule has 9 heteroatoms. The number of amidine groups is 1. The Morgan fingerprint density at radius 1 is 1.26 bits per heavy atom. The molecule has 0 radical (unpaired) electrons. The SMILES string of the molecule is CCCCC(CC)C(C)NC(=O)c1cccc(N/C(=C/C(N)=NC(=O)C2CC2)C(=N)C(NC)=C2CC2)c1OC. The summed E-state index contributed by atoms with van der Waals surface area (Å²) in [5, 5.41) is 18.4. The van der Waals surface area contributed by atoms with Gasteiger partial charge in [-0.05, 0) is 62.7 Å². The first-order valence-electron chi connectivity index (χ1n) is 14.1. The number of carbonyl (C=O) groups excluding carboxylic acids is 2. The zero-order valence-corrected chi connectivity index (χ0v) is 23.9. The van der Waals surface area contributed by atoms with Crippen molar-refractivity contribution >= 4 is 29.0 Å². The molecule has 0 aliphatic heterocycles. The van der Waals surface area contributed by atoms with E-state index in [2.05, 4.69) is 34.8 Å². The zero-order chi connectivity index (χ0) is 28.5. The molecule has 2 saturated carbocycles. The maximum Gasteiger partial charge on any atom is 0.255 e. The molecule has 2 aliphatic rings. The summed E-state index contributed by atoms with van der Waals surface area (Å²) in [6, 6.07) is 5.29. The summed E-state index contributed by atoms with van der Waals surface area (Å²) in [6.07, 6.45) is 9.32. The lowest BCUT2D eigenvalue weighted by molar-refractivity contribution is -0.118. The van der Waals surface area contributed by atoms with E-state index in [1.165, 1.54) is 13.2 Å². The number of methoxy groups -OCH3 is 1. The second-order valence-electron chi connectivity index (χ2n) is 10.4. The highest BCUT2D eigenvalue weighted by molar-refractivity contribution is 6.16. The van der Waals surface area contributed by atoms with Crippen LogP contribution in [0.5, 0.6) is 5.75 Å². The van der Waals surface area contributed by atoms with Crippen molar-refractivity contribution in [3.8, 4) is 5.75 Å². The lowest BCUT2D eigenvalue weighted by atomic mass is 9.92. The number of amides is 2. The molecule has 2 fully saturated rings. The number of para-hydroxylation sites is 1. The zero-order valence-electron chi connectivity index (χ0n) is 23.9. The van der Waals surface area contributed by atoms with Gasteiger partial charge in [0.05, 0.1) is 29.8 Å². The number of unbranched alkanes of at least 4 members (excludes halogenated alkanes) is 1. The Hall–Kier alpha value is -3.62. The van der Waals surface area contributed by atoms with Gasteiger partial charge >= 0.3 is 0 Å². The summed E-state index contributed by atoms with van der Waals surface area (Å²) in [7, 11) is 3.29. The van der Waals surface area contributed by atoms with E-state index < -0.39 is 0 Å². The molecule has 0 heterocycles. The Kier molecular flexibility index (Phi) is 10.7. The van der Waals surface area contributed by atoms with Crippen LogP contribution in [-0.4, -0.2) is 43.6 Å². The lowest BCUT2D eigenvalue weighted by Crippen LogP contribution is -2.38. The van der Waals surface area contributed by atoms with Crippen LogP contribution in [0.2, 0.25) is 0 Å². The number of ether oxygens (including phenoxy) is 1. The van der Waals surface area contributed by atoms with Gasteiger partial charge in [0.15, 0.2) is 5.75 Å². The predicted molar refractivity (Wildman–Crippen MR) is 157 cm³/mol. The lowest BCUT2D eigenvalue weighted by Gasteiger charge is -2.24. The van der Waals surface area contributed by atoms with E-state index in [1.807, 2.05) is 6.92 Å². The summed E-state index contributed by atoms with van der Waals surface area (Å²) in [5.74, 6) is 0.268. The monoisotopic (exact) mass is 536 g/mol. The molecule has 1 aromatic rings. The first-order valence-corrected chi connectivity index (χ1v) is 14.1. The summed E-state index contributed by atoms with van der Waals surface area (Å²) in [4.78, 5) is 29.6. The van der Waals surface area contributed by atoms with Gasteiger partial charge in [0, 0.05) is 25.1 Å². The summed E-state index contributed by atoms with van der Waals surface area (Å²) in [6.45, 7) is 6.38. The number of anilines is 1. The molecule has 6 N–H and O–H groups in total. The number of allylic oxidation sites excluding steroid dienone is 1. The van der Waals surface area contributed by atoms with E-state index in [-0.39, 0.29) is 35.3 Å². The summed E-state index contributed by atoms with van der Waals surface area (Å²) >= 11 is 0. The molecule has 9 nitrogen and oxygen atoms in total. The fraction of sp³-hybridized carbons (Fsp3) is 0.533. The van der Waals surface area contributed by atoms with Crippen molar-refractivity contribution < 1.29 is 14.3 Å². The van der Waals surface area contributed by atoms with Crippen LogP contribution in [-0.2, 0) is 4.79 Å². The highest BCUT2D eigenvalue weighted by Gasteiger charge is 2.30. The van der Waals surface area contributed by atoms with Crippen LogP contribution >= 0.6 is 0 Å². The third-order valence-electron chi connectivity index (χ3n) is 7.33. The van der Waals surface area contributed by atoms with Crippen LogP contribution in [0.25, 0.3) is 0 Å². The molecule has 0 saturated heterocycles. The third kappa shape index (κ3) is 8.18. The Balaban J connectivity index is 1.91.